The van der Waals surface area contributed by atoms with E-state index in [2.05, 4.69) is 6.07 Å². The molecule has 0 aliphatic carbocycles. The van der Waals surface area contributed by atoms with Gasteiger partial charge in [-0.15, -0.1) is 0 Å². The fraction of sp³-hybridized carbons (Fsp3) is 0. The van der Waals surface area contributed by atoms with Crippen molar-refractivity contribution in [3.8, 4) is 22.9 Å². The summed E-state index contributed by atoms with van der Waals surface area (Å²) in [6, 6.07) is 23.0. The molecule has 124 valence electrons. The number of hydrogen-bond donors (Lipinski definition) is 1. The molecule has 1 heterocycles. The number of carbonyl (C=O) groups is 1. The maximum atomic E-state index is 11.0. The van der Waals surface area contributed by atoms with Gasteiger partial charge in [0.05, 0.1) is 11.1 Å². The highest BCUT2D eigenvalue weighted by Crippen LogP contribution is 2.32. The molecule has 0 unspecified atom stereocenters. The molecule has 0 aliphatic rings. The van der Waals surface area contributed by atoms with Crippen molar-refractivity contribution in [2.24, 2.45) is 0 Å². The van der Waals surface area contributed by atoms with Crippen LogP contribution in [-0.4, -0.2) is 15.6 Å². The normalized spacial score (nSPS) is 10.6. The second-order valence-corrected chi connectivity index (χ2v) is 5.98. The number of carboxylic acid groups (broad SMARTS) is 1. The van der Waals surface area contributed by atoms with E-state index in [1.54, 1.807) is 30.5 Å². The van der Waals surface area contributed by atoms with Gasteiger partial charge in [-0.05, 0) is 40.6 Å². The first kappa shape index (κ1) is 15.7. The number of nitrogens with zero attached hydrogens (tertiary/aromatic N) is 2. The van der Waals surface area contributed by atoms with Gasteiger partial charge in [-0.3, -0.25) is 0 Å². The highest BCUT2D eigenvalue weighted by atomic mass is 16.4. The van der Waals surface area contributed by atoms with Gasteiger partial charge in [0.2, 0.25) is 0 Å². The average Bonchev–Trinajstić information content (AvgIpc) is 3.12. The second-order valence-electron chi connectivity index (χ2n) is 5.98. The van der Waals surface area contributed by atoms with Gasteiger partial charge in [-0.25, -0.2) is 4.79 Å². The Hall–Kier alpha value is -3.84. The van der Waals surface area contributed by atoms with E-state index in [9.17, 15) is 10.1 Å². The molecule has 1 aromatic heterocycles. The Morgan fingerprint density at radius 1 is 0.885 bits per heavy atom. The molecule has 4 nitrogen and oxygen atoms in total. The largest absolute Gasteiger partial charge is 0.478 e. The van der Waals surface area contributed by atoms with Crippen LogP contribution in [0.4, 0.5) is 0 Å². The molecular weight excluding hydrogens is 324 g/mol. The third-order valence-corrected chi connectivity index (χ3v) is 4.44. The van der Waals surface area contributed by atoms with Crippen molar-refractivity contribution in [2.45, 2.75) is 0 Å². The predicted octanol–water partition coefficient (Wildman–Crippen LogP) is 4.87. The summed E-state index contributed by atoms with van der Waals surface area (Å²) in [5, 5.41) is 20.8. The van der Waals surface area contributed by atoms with Crippen LogP contribution in [0.2, 0.25) is 0 Å². The third-order valence-electron chi connectivity index (χ3n) is 4.44. The van der Waals surface area contributed by atoms with Gasteiger partial charge in [0.15, 0.2) is 0 Å². The van der Waals surface area contributed by atoms with Crippen LogP contribution in [0.5, 0.6) is 0 Å². The topological polar surface area (TPSA) is 66.0 Å². The first-order valence-electron chi connectivity index (χ1n) is 8.11. The molecule has 0 saturated carbocycles. The second kappa shape index (κ2) is 6.23. The SMILES string of the molecule is N#Cc1cn(-c2ccc(C(=O)O)cc2)cc1-c1cccc2ccccc12. The van der Waals surface area contributed by atoms with E-state index in [-0.39, 0.29) is 5.56 Å². The van der Waals surface area contributed by atoms with Gasteiger partial charge in [-0.2, -0.15) is 5.26 Å². The molecule has 4 heteroatoms. The molecule has 1 N–H and O–H groups in total. The lowest BCUT2D eigenvalue weighted by Crippen LogP contribution is -1.97. The van der Waals surface area contributed by atoms with Gasteiger partial charge in [0, 0.05) is 23.6 Å². The quantitative estimate of drug-likeness (QED) is 0.580. The smallest absolute Gasteiger partial charge is 0.335 e. The molecule has 4 aromatic rings. The molecule has 0 saturated heterocycles. The van der Waals surface area contributed by atoms with Crippen molar-refractivity contribution >= 4 is 16.7 Å². The van der Waals surface area contributed by atoms with E-state index in [0.717, 1.165) is 27.6 Å². The minimum atomic E-state index is -0.960. The van der Waals surface area contributed by atoms with E-state index in [1.165, 1.54) is 0 Å². The van der Waals surface area contributed by atoms with Gasteiger partial charge >= 0.3 is 5.97 Å². The summed E-state index contributed by atoms with van der Waals surface area (Å²) in [5.74, 6) is -0.960. The number of fused-ring (bicyclic) bond motifs is 1. The Bertz CT molecular complexity index is 1160. The zero-order chi connectivity index (χ0) is 18.1. The Morgan fingerprint density at radius 3 is 2.35 bits per heavy atom. The molecule has 0 amide bonds. The van der Waals surface area contributed by atoms with Crippen molar-refractivity contribution in [3.05, 3.63) is 90.3 Å². The van der Waals surface area contributed by atoms with Crippen LogP contribution in [0.15, 0.2) is 79.1 Å². The highest BCUT2D eigenvalue weighted by Gasteiger charge is 2.13. The van der Waals surface area contributed by atoms with Crippen LogP contribution in [0, 0.1) is 11.3 Å². The first-order chi connectivity index (χ1) is 12.7. The Balaban J connectivity index is 1.86. The number of carboxylic acids is 1. The maximum Gasteiger partial charge on any atom is 0.335 e. The van der Waals surface area contributed by atoms with Crippen molar-refractivity contribution in [1.29, 1.82) is 5.26 Å². The van der Waals surface area contributed by atoms with Gasteiger partial charge in [0.25, 0.3) is 0 Å². The highest BCUT2D eigenvalue weighted by molar-refractivity contribution is 5.97. The predicted molar refractivity (Wildman–Crippen MR) is 100 cm³/mol. The molecule has 3 aromatic carbocycles. The lowest BCUT2D eigenvalue weighted by molar-refractivity contribution is 0.0697. The summed E-state index contributed by atoms with van der Waals surface area (Å²) >= 11 is 0. The maximum absolute atomic E-state index is 11.0. The van der Waals surface area contributed by atoms with Crippen molar-refractivity contribution < 1.29 is 9.90 Å². The number of rotatable bonds is 3. The fourth-order valence-corrected chi connectivity index (χ4v) is 3.14. The van der Waals surface area contributed by atoms with Gasteiger partial charge < -0.3 is 9.67 Å². The van der Waals surface area contributed by atoms with Crippen LogP contribution in [0.1, 0.15) is 15.9 Å². The van der Waals surface area contributed by atoms with Crippen molar-refractivity contribution in [3.63, 3.8) is 0 Å². The molecule has 0 aliphatic heterocycles. The number of hydrogen-bond acceptors (Lipinski definition) is 2. The monoisotopic (exact) mass is 338 g/mol. The van der Waals surface area contributed by atoms with Gasteiger partial charge in [0.1, 0.15) is 6.07 Å². The summed E-state index contributed by atoms with van der Waals surface area (Å²) in [4.78, 5) is 11.0. The first-order valence-corrected chi connectivity index (χ1v) is 8.11. The molecule has 0 fully saturated rings. The molecule has 26 heavy (non-hydrogen) atoms. The fourth-order valence-electron chi connectivity index (χ4n) is 3.14. The van der Waals surface area contributed by atoms with Crippen LogP contribution in [-0.2, 0) is 0 Å². The van der Waals surface area contributed by atoms with E-state index < -0.39 is 5.97 Å². The van der Waals surface area contributed by atoms with Crippen LogP contribution < -0.4 is 0 Å². The van der Waals surface area contributed by atoms with Crippen molar-refractivity contribution in [2.75, 3.05) is 0 Å². The molecule has 0 bridgehead atoms. The van der Waals surface area contributed by atoms with Crippen LogP contribution in [0.25, 0.3) is 27.6 Å². The van der Waals surface area contributed by atoms with E-state index in [4.69, 9.17) is 5.11 Å². The Kier molecular flexibility index (Phi) is 3.75. The lowest BCUT2D eigenvalue weighted by atomic mass is 9.98. The summed E-state index contributed by atoms with van der Waals surface area (Å²) in [6.07, 6.45) is 3.68. The molecule has 0 radical (unpaired) electrons. The molecule has 0 atom stereocenters. The van der Waals surface area contributed by atoms with Crippen molar-refractivity contribution in [1.82, 2.24) is 4.57 Å². The molecule has 4 rings (SSSR count). The third kappa shape index (κ3) is 2.62. The Labute approximate surface area is 150 Å². The summed E-state index contributed by atoms with van der Waals surface area (Å²) < 4.78 is 1.85. The van der Waals surface area contributed by atoms with Crippen LogP contribution >= 0.6 is 0 Å². The number of aromatic nitrogens is 1. The number of benzene rings is 3. The minimum absolute atomic E-state index is 0.232. The number of aromatic carboxylic acids is 1. The summed E-state index contributed by atoms with van der Waals surface area (Å²) in [6.45, 7) is 0. The zero-order valence-corrected chi connectivity index (χ0v) is 13.8. The Morgan fingerprint density at radius 2 is 1.62 bits per heavy atom. The number of nitriles is 1. The zero-order valence-electron chi connectivity index (χ0n) is 13.8. The van der Waals surface area contributed by atoms with E-state index in [0.29, 0.717) is 5.56 Å². The van der Waals surface area contributed by atoms with Gasteiger partial charge in [-0.1, -0.05) is 42.5 Å². The van der Waals surface area contributed by atoms with Crippen LogP contribution in [0.3, 0.4) is 0 Å². The van der Waals surface area contributed by atoms with E-state index in [1.807, 2.05) is 53.2 Å². The standard InChI is InChI=1S/C22H14N2O2/c23-12-17-13-24(18-10-8-16(9-11-18)22(25)26)14-21(17)20-7-3-5-15-4-1-2-6-19(15)20/h1-11,13-14H,(H,25,26). The average molecular weight is 338 g/mol. The lowest BCUT2D eigenvalue weighted by Gasteiger charge is -2.06. The summed E-state index contributed by atoms with van der Waals surface area (Å²) in [7, 11) is 0. The molecular formula is C22H14N2O2. The van der Waals surface area contributed by atoms with E-state index >= 15 is 0 Å². The minimum Gasteiger partial charge on any atom is -0.478 e. The molecule has 0 spiro atoms. The summed E-state index contributed by atoms with van der Waals surface area (Å²) in [5.41, 5.74) is 3.46.